The lowest BCUT2D eigenvalue weighted by atomic mass is 10.0. The van der Waals surface area contributed by atoms with Gasteiger partial charge in [0.2, 0.25) is 0 Å². The number of aromatic carboxylic acids is 1. The predicted molar refractivity (Wildman–Crippen MR) is 274 cm³/mol. The average molecular weight is 1080 g/mol. The van der Waals surface area contributed by atoms with Gasteiger partial charge in [0.15, 0.2) is 5.75 Å². The van der Waals surface area contributed by atoms with E-state index in [-0.39, 0.29) is 57.3 Å². The van der Waals surface area contributed by atoms with Crippen LogP contribution >= 0.6 is 12.9 Å². The standard InChI is InChI=1S/C47H39N13O12S3/c1-25-5-11-38(41(17-25)69-4)58-59-40-24-43(75(66,67)68)36(48)23-39(40)50-46-51-45(52-47(53-46)60-15-13-28(14-16-60)44(61)62)49-29-6-8-30(9-7-29)54-55-31-10-12-37(27(3)18-31)57-56-32-20-34-26(2)19-33(70-71-72-73)22-35(34)42(21-32)74(63,64)65/h5-24H,1-4H3,(H7-,48,49,50,51,52,53,55,56,58,61,62,63,64,65,66,67,68,73)/p+1. The van der Waals surface area contributed by atoms with Gasteiger partial charge >= 0.3 is 23.8 Å². The normalized spacial score (nSPS) is 12.0. The molecular formula is C47H40N13O12S3+. The van der Waals surface area contributed by atoms with Crippen molar-refractivity contribution in [3.05, 3.63) is 144 Å². The van der Waals surface area contributed by atoms with E-state index in [4.69, 9.17) is 15.4 Å². The number of aromatic nitrogens is 4. The minimum atomic E-state index is -4.81. The number of carbonyl (C=O) groups is 1. The van der Waals surface area contributed by atoms with E-state index in [1.54, 1.807) is 86.6 Å². The molecular weight excluding hydrogens is 1030 g/mol. The van der Waals surface area contributed by atoms with Crippen molar-refractivity contribution in [2.45, 2.75) is 30.6 Å². The van der Waals surface area contributed by atoms with Gasteiger partial charge in [-0.2, -0.15) is 37.3 Å². The number of nitrogens with zero attached hydrogens (tertiary/aromatic N) is 10. The number of fused-ring (bicyclic) bond motifs is 1. The molecule has 382 valence electrons. The molecule has 0 fully saturated rings. The van der Waals surface area contributed by atoms with Crippen LogP contribution in [0.4, 0.5) is 63.1 Å². The number of benzene rings is 6. The molecule has 0 aliphatic rings. The van der Waals surface area contributed by atoms with Crippen LogP contribution in [0.15, 0.2) is 162 Å². The monoisotopic (exact) mass is 1070 g/mol. The number of thiol groups is 1. The molecule has 2 aromatic heterocycles. The lowest BCUT2D eigenvalue weighted by Gasteiger charge is -2.11. The quantitative estimate of drug-likeness (QED) is 0.00613. The molecule has 0 unspecified atom stereocenters. The molecule has 0 saturated carbocycles. The zero-order valence-corrected chi connectivity index (χ0v) is 41.9. The van der Waals surface area contributed by atoms with Crippen LogP contribution in [0.25, 0.3) is 16.7 Å². The van der Waals surface area contributed by atoms with Gasteiger partial charge in [-0.15, -0.1) is 19.5 Å². The van der Waals surface area contributed by atoms with Gasteiger partial charge < -0.3 is 31.1 Å². The second kappa shape index (κ2) is 22.1. The second-order valence-corrected chi connectivity index (χ2v) is 18.9. The van der Waals surface area contributed by atoms with Gasteiger partial charge in [0.25, 0.3) is 20.2 Å². The van der Waals surface area contributed by atoms with E-state index >= 15 is 0 Å². The highest BCUT2D eigenvalue weighted by molar-refractivity contribution is 7.86. The van der Waals surface area contributed by atoms with Gasteiger partial charge in [-0.05, 0) is 161 Å². The van der Waals surface area contributed by atoms with Gasteiger partial charge in [0.1, 0.15) is 26.9 Å². The number of hydrogen-bond acceptors (Lipinski definition) is 22. The number of carboxylic acid groups (broad SMARTS) is 1. The van der Waals surface area contributed by atoms with Crippen LogP contribution in [0.3, 0.4) is 0 Å². The first kappa shape index (κ1) is 52.4. The Morgan fingerprint density at radius 3 is 1.96 bits per heavy atom. The summed E-state index contributed by atoms with van der Waals surface area (Å²) in [4.78, 5) is 29.1. The van der Waals surface area contributed by atoms with E-state index < -0.39 is 36.0 Å². The number of nitrogen functional groups attached to an aromatic ring is 1. The molecule has 2 heterocycles. The molecule has 75 heavy (non-hydrogen) atoms. The molecule has 0 saturated heterocycles. The Kier molecular flexibility index (Phi) is 15.4. The summed E-state index contributed by atoms with van der Waals surface area (Å²) >= 11 is 3.43. The van der Waals surface area contributed by atoms with Crippen molar-refractivity contribution < 1.29 is 59.4 Å². The molecule has 6 aromatic carbocycles. The van der Waals surface area contributed by atoms with Crippen LogP contribution in [0, 0.1) is 20.8 Å². The summed E-state index contributed by atoms with van der Waals surface area (Å²) in [5.74, 6) is -0.761. The number of nitrogens with two attached hydrogens (primary N) is 1. The van der Waals surface area contributed by atoms with E-state index in [2.05, 4.69) is 78.6 Å². The number of azo groups is 3. The number of methoxy groups -OCH3 is 1. The Hall–Kier alpha value is -8.90. The molecule has 0 amide bonds. The molecule has 0 radical (unpaired) electrons. The van der Waals surface area contributed by atoms with Crippen LogP contribution < -0.4 is 30.6 Å². The van der Waals surface area contributed by atoms with Gasteiger partial charge in [-0.25, -0.2) is 9.36 Å². The molecule has 0 spiro atoms. The van der Waals surface area contributed by atoms with E-state index in [1.165, 1.54) is 54.4 Å². The molecule has 8 rings (SSSR count). The number of anilines is 5. The molecule has 8 aromatic rings. The largest absolute Gasteiger partial charge is 0.494 e. The molecule has 25 nitrogen and oxygen atoms in total. The van der Waals surface area contributed by atoms with Crippen molar-refractivity contribution in [2.75, 3.05) is 23.5 Å². The van der Waals surface area contributed by atoms with Gasteiger partial charge in [0.05, 0.1) is 59.2 Å². The maximum absolute atomic E-state index is 12.4. The summed E-state index contributed by atoms with van der Waals surface area (Å²) in [6.07, 6.45) is 2.87. The van der Waals surface area contributed by atoms with Crippen LogP contribution in [-0.4, -0.2) is 59.1 Å². The first-order valence-electron chi connectivity index (χ1n) is 21.5. The van der Waals surface area contributed by atoms with E-state index in [0.717, 1.165) is 11.6 Å². The summed E-state index contributed by atoms with van der Waals surface area (Å²) in [6.45, 7) is 5.33. The van der Waals surface area contributed by atoms with Crippen LogP contribution in [0.5, 0.6) is 11.5 Å². The highest BCUT2D eigenvalue weighted by Crippen LogP contribution is 2.39. The minimum Gasteiger partial charge on any atom is -0.494 e. The molecule has 0 aliphatic heterocycles. The van der Waals surface area contributed by atoms with Gasteiger partial charge in [-0.3, -0.25) is 9.11 Å². The number of aryl methyl sites for hydroxylation is 3. The Bertz CT molecular complexity index is 3850. The SMILES string of the molecule is COc1cc(C)ccc1N=Nc1cc(S(=O)(=O)O)c(N)cc1Nc1nc(Nc2ccc(N=Nc3ccc(N=Nc4cc(S(=O)(=O)O)c5cc(OOOS)cc(C)c5c4)c(C)c3)cc2)nc(-[n+]2ccc(C(=O)O)cc2)n1. The number of carboxylic acids is 1. The third kappa shape index (κ3) is 12.8. The first-order chi connectivity index (χ1) is 35.7. The third-order valence-corrected chi connectivity index (χ3v) is 12.5. The molecule has 0 atom stereocenters. The second-order valence-electron chi connectivity index (χ2n) is 16.0. The minimum absolute atomic E-state index is 0.000225. The van der Waals surface area contributed by atoms with Crippen LogP contribution in [0.2, 0.25) is 0 Å². The molecule has 7 N–H and O–H groups in total. The van der Waals surface area contributed by atoms with E-state index in [9.17, 15) is 35.8 Å². The summed E-state index contributed by atoms with van der Waals surface area (Å²) in [5.41, 5.74) is 10.2. The fraction of sp³-hybridized carbons (Fsp3) is 0.0851. The maximum Gasteiger partial charge on any atom is 0.444 e. The molecule has 28 heteroatoms. The van der Waals surface area contributed by atoms with E-state index in [0.29, 0.717) is 50.7 Å². The summed E-state index contributed by atoms with van der Waals surface area (Å²) in [6, 6.07) is 27.5. The van der Waals surface area contributed by atoms with Crippen molar-refractivity contribution in [1.29, 1.82) is 0 Å². The lowest BCUT2D eigenvalue weighted by Crippen LogP contribution is -2.33. The lowest BCUT2D eigenvalue weighted by molar-refractivity contribution is -0.603. The summed E-state index contributed by atoms with van der Waals surface area (Å²) in [5, 5.41) is 46.3. The average Bonchev–Trinajstić information content (AvgIpc) is 3.36. The Labute approximate surface area is 431 Å². The Morgan fingerprint density at radius 1 is 0.653 bits per heavy atom. The summed E-state index contributed by atoms with van der Waals surface area (Å²) < 4.78 is 80.4. The third-order valence-electron chi connectivity index (χ3n) is 10.7. The number of ether oxygens (including phenoxy) is 1. The highest BCUT2D eigenvalue weighted by Gasteiger charge is 2.24. The fourth-order valence-corrected chi connectivity index (χ4v) is 8.46. The zero-order chi connectivity index (χ0) is 53.6. The fourth-order valence-electron chi connectivity index (χ4n) is 7.10. The van der Waals surface area contributed by atoms with Crippen molar-refractivity contribution in [3.63, 3.8) is 0 Å². The van der Waals surface area contributed by atoms with E-state index in [1.807, 2.05) is 6.92 Å². The number of nitrogens with one attached hydrogen (secondary N) is 2. The van der Waals surface area contributed by atoms with Crippen molar-refractivity contribution >= 4 is 113 Å². The molecule has 0 aliphatic carbocycles. The van der Waals surface area contributed by atoms with Gasteiger partial charge in [0, 0.05) is 24.0 Å². The maximum atomic E-state index is 12.4. The predicted octanol–water partition coefficient (Wildman–Crippen LogP) is 10.8. The number of hydrogen-bond donors (Lipinski definition) is 7. The van der Waals surface area contributed by atoms with Crippen LogP contribution in [0.1, 0.15) is 27.0 Å². The van der Waals surface area contributed by atoms with Crippen LogP contribution in [-0.2, 0) is 29.6 Å². The molecule has 0 bridgehead atoms. The Morgan fingerprint density at radius 2 is 1.29 bits per heavy atom. The highest BCUT2D eigenvalue weighted by atomic mass is 32.2. The smallest absolute Gasteiger partial charge is 0.444 e. The number of rotatable bonds is 18. The topological polar surface area (TPSA) is 350 Å². The number of pyridine rings is 1. The Balaban J connectivity index is 1.03. The van der Waals surface area contributed by atoms with Crippen molar-refractivity contribution in [1.82, 2.24) is 15.0 Å². The zero-order valence-electron chi connectivity index (χ0n) is 39.4. The van der Waals surface area contributed by atoms with Gasteiger partial charge in [-0.1, -0.05) is 6.07 Å². The summed E-state index contributed by atoms with van der Waals surface area (Å²) in [7, 11) is -8.07. The van der Waals surface area contributed by atoms with Crippen molar-refractivity contribution in [3.8, 4) is 17.4 Å². The van der Waals surface area contributed by atoms with Crippen molar-refractivity contribution in [2.24, 2.45) is 30.7 Å². The first-order valence-corrected chi connectivity index (χ1v) is 24.8.